The molecule has 0 saturated heterocycles. The van der Waals surface area contributed by atoms with Crippen molar-refractivity contribution in [3.8, 4) is 11.3 Å². The number of benzene rings is 2. The Morgan fingerprint density at radius 1 is 1.00 bits per heavy atom. The second-order valence-electron chi connectivity index (χ2n) is 6.23. The highest BCUT2D eigenvalue weighted by molar-refractivity contribution is 7.26. The van der Waals surface area contributed by atoms with Crippen molar-refractivity contribution >= 4 is 37.2 Å². The summed E-state index contributed by atoms with van der Waals surface area (Å²) in [5.74, 6) is 0. The van der Waals surface area contributed by atoms with Gasteiger partial charge in [-0.3, -0.25) is 0 Å². The summed E-state index contributed by atoms with van der Waals surface area (Å²) in [5, 5.41) is 2.51. The number of thiophene rings is 1. The van der Waals surface area contributed by atoms with Gasteiger partial charge >= 0.3 is 0 Å². The summed E-state index contributed by atoms with van der Waals surface area (Å²) in [6.45, 7) is 11.5. The zero-order valence-corrected chi connectivity index (χ0v) is 14.7. The van der Waals surface area contributed by atoms with Gasteiger partial charge in [-0.1, -0.05) is 24.3 Å². The fourth-order valence-electron chi connectivity index (χ4n) is 3.32. The molecule has 0 radical (unpaired) electrons. The SMILES string of the molecule is [C-]#[N+]c1ccc2c(c1)sc1c(-c3ccc(C)c[n+]3C)c(C)ccc12. The van der Waals surface area contributed by atoms with Gasteiger partial charge in [0.25, 0.3) is 0 Å². The third kappa shape index (κ3) is 2.19. The fourth-order valence-corrected chi connectivity index (χ4v) is 4.66. The van der Waals surface area contributed by atoms with Crippen LogP contribution in [0.3, 0.4) is 0 Å². The molecule has 0 N–H and O–H groups in total. The van der Waals surface area contributed by atoms with Crippen molar-refractivity contribution in [1.82, 2.24) is 0 Å². The first-order valence-corrected chi connectivity index (χ1v) is 8.70. The number of aryl methyl sites for hydroxylation is 3. The second kappa shape index (κ2) is 5.43. The Hall–Kier alpha value is -2.70. The molecule has 2 aromatic heterocycles. The quantitative estimate of drug-likeness (QED) is 0.312. The Bertz CT molecular complexity index is 1150. The smallest absolute Gasteiger partial charge is 0.213 e. The molecule has 3 heteroatoms. The average molecular weight is 329 g/mol. The Kier molecular flexibility index (Phi) is 3.37. The van der Waals surface area contributed by atoms with Crippen molar-refractivity contribution in [3.05, 3.63) is 71.2 Å². The van der Waals surface area contributed by atoms with E-state index in [1.54, 1.807) is 11.3 Å². The number of hydrogen-bond acceptors (Lipinski definition) is 1. The first-order chi connectivity index (χ1) is 11.6. The Morgan fingerprint density at radius 3 is 2.54 bits per heavy atom. The topological polar surface area (TPSA) is 8.24 Å². The lowest BCUT2D eigenvalue weighted by Crippen LogP contribution is -2.31. The Balaban J connectivity index is 2.11. The molecule has 0 spiro atoms. The lowest BCUT2D eigenvalue weighted by Gasteiger charge is -2.06. The molecular weight excluding hydrogens is 312 g/mol. The van der Waals surface area contributed by atoms with Crippen LogP contribution in [-0.4, -0.2) is 0 Å². The van der Waals surface area contributed by atoms with Gasteiger partial charge < -0.3 is 0 Å². The third-order valence-electron chi connectivity index (χ3n) is 4.50. The molecule has 0 amide bonds. The summed E-state index contributed by atoms with van der Waals surface area (Å²) in [6.07, 6.45) is 2.16. The molecule has 24 heavy (non-hydrogen) atoms. The van der Waals surface area contributed by atoms with Gasteiger partial charge in [-0.2, -0.15) is 0 Å². The summed E-state index contributed by atoms with van der Waals surface area (Å²) in [4.78, 5) is 3.57. The lowest BCUT2D eigenvalue weighted by atomic mass is 10.0. The van der Waals surface area contributed by atoms with E-state index < -0.39 is 0 Å². The van der Waals surface area contributed by atoms with Crippen LogP contribution in [0.5, 0.6) is 0 Å². The standard InChI is InChI=1S/C21H17N2S/c1-13-5-10-18(23(4)12-13)20-14(2)6-8-17-16-9-7-15(22-3)11-19(16)24-21(17)20/h5-12H,1-2,4H3/q+1. The fraction of sp³-hybridized carbons (Fsp3) is 0.143. The maximum atomic E-state index is 7.24. The van der Waals surface area contributed by atoms with Crippen molar-refractivity contribution in [3.63, 3.8) is 0 Å². The van der Waals surface area contributed by atoms with Crippen LogP contribution in [-0.2, 0) is 7.05 Å². The predicted molar refractivity (Wildman–Crippen MR) is 102 cm³/mol. The Morgan fingerprint density at radius 2 is 1.79 bits per heavy atom. The highest BCUT2D eigenvalue weighted by atomic mass is 32.1. The Labute approximate surface area is 145 Å². The van der Waals surface area contributed by atoms with E-state index in [-0.39, 0.29) is 0 Å². The molecule has 2 nitrogen and oxygen atoms in total. The van der Waals surface area contributed by atoms with Gasteiger partial charge in [0.1, 0.15) is 7.05 Å². The van der Waals surface area contributed by atoms with Crippen molar-refractivity contribution in [2.75, 3.05) is 0 Å². The normalized spacial score (nSPS) is 11.1. The first-order valence-electron chi connectivity index (χ1n) is 7.88. The molecule has 0 unspecified atom stereocenters. The lowest BCUT2D eigenvalue weighted by molar-refractivity contribution is -0.660. The molecule has 0 bridgehead atoms. The van der Waals surface area contributed by atoms with Crippen LogP contribution >= 0.6 is 11.3 Å². The number of aromatic nitrogens is 1. The van der Waals surface area contributed by atoms with Gasteiger partial charge in [-0.25, -0.2) is 9.41 Å². The van der Waals surface area contributed by atoms with E-state index in [0.29, 0.717) is 5.69 Å². The molecule has 116 valence electrons. The van der Waals surface area contributed by atoms with Gasteiger partial charge in [0.05, 0.1) is 12.1 Å². The molecule has 0 fully saturated rings. The monoisotopic (exact) mass is 329 g/mol. The summed E-state index contributed by atoms with van der Waals surface area (Å²) >= 11 is 1.78. The van der Waals surface area contributed by atoms with Crippen LogP contribution in [0, 0.1) is 20.4 Å². The van der Waals surface area contributed by atoms with Gasteiger partial charge in [0.15, 0.2) is 11.9 Å². The van der Waals surface area contributed by atoms with Gasteiger partial charge in [0, 0.05) is 26.4 Å². The number of hydrogen-bond donors (Lipinski definition) is 0. The highest BCUT2D eigenvalue weighted by Gasteiger charge is 2.18. The molecular formula is C21H17N2S+. The van der Waals surface area contributed by atoms with Gasteiger partial charge in [0.2, 0.25) is 5.69 Å². The van der Waals surface area contributed by atoms with E-state index >= 15 is 0 Å². The summed E-state index contributed by atoms with van der Waals surface area (Å²) < 4.78 is 4.68. The number of nitrogens with zero attached hydrogens (tertiary/aromatic N) is 2. The van der Waals surface area contributed by atoms with E-state index in [1.165, 1.54) is 42.6 Å². The first kappa shape index (κ1) is 14.9. The van der Waals surface area contributed by atoms with Crippen LogP contribution in [0.4, 0.5) is 5.69 Å². The van der Waals surface area contributed by atoms with Gasteiger partial charge in [-0.05, 0) is 36.9 Å². The van der Waals surface area contributed by atoms with Crippen molar-refractivity contribution in [2.45, 2.75) is 13.8 Å². The van der Waals surface area contributed by atoms with E-state index in [1.807, 2.05) is 12.1 Å². The molecule has 0 aliphatic carbocycles. The molecule has 2 aromatic carbocycles. The van der Waals surface area contributed by atoms with E-state index in [0.717, 1.165) is 0 Å². The molecule has 4 aromatic rings. The molecule has 0 saturated carbocycles. The van der Waals surface area contributed by atoms with Crippen molar-refractivity contribution < 1.29 is 4.57 Å². The second-order valence-corrected chi connectivity index (χ2v) is 7.28. The minimum absolute atomic E-state index is 0.702. The highest BCUT2D eigenvalue weighted by Crippen LogP contribution is 2.41. The van der Waals surface area contributed by atoms with Crippen molar-refractivity contribution in [1.29, 1.82) is 0 Å². The van der Waals surface area contributed by atoms with Crippen LogP contribution in [0.1, 0.15) is 11.1 Å². The van der Waals surface area contributed by atoms with Gasteiger partial charge in [-0.15, -0.1) is 11.3 Å². The maximum Gasteiger partial charge on any atom is 0.213 e. The minimum atomic E-state index is 0.702. The number of rotatable bonds is 1. The number of fused-ring (bicyclic) bond motifs is 3. The molecule has 4 rings (SSSR count). The number of pyridine rings is 1. The molecule has 0 atom stereocenters. The third-order valence-corrected chi connectivity index (χ3v) is 5.69. The van der Waals surface area contributed by atoms with E-state index in [4.69, 9.17) is 6.57 Å². The predicted octanol–water partition coefficient (Wildman–Crippen LogP) is 5.71. The largest absolute Gasteiger partial charge is 0.238 e. The van der Waals surface area contributed by atoms with Crippen LogP contribution in [0.2, 0.25) is 0 Å². The van der Waals surface area contributed by atoms with Crippen molar-refractivity contribution in [2.24, 2.45) is 7.05 Å². The van der Waals surface area contributed by atoms with E-state index in [2.05, 4.69) is 66.8 Å². The van der Waals surface area contributed by atoms with Crippen LogP contribution < -0.4 is 4.57 Å². The van der Waals surface area contributed by atoms with Crippen LogP contribution in [0.15, 0.2) is 48.7 Å². The molecule has 0 aliphatic rings. The minimum Gasteiger partial charge on any atom is -0.238 e. The maximum absolute atomic E-state index is 7.24. The van der Waals surface area contributed by atoms with E-state index in [9.17, 15) is 0 Å². The molecule has 0 aliphatic heterocycles. The van der Waals surface area contributed by atoms with Crippen LogP contribution in [0.25, 0.3) is 36.3 Å². The summed E-state index contributed by atoms with van der Waals surface area (Å²) in [5.41, 5.74) is 5.75. The zero-order chi connectivity index (χ0) is 16.8. The summed E-state index contributed by atoms with van der Waals surface area (Å²) in [7, 11) is 2.10. The molecule has 2 heterocycles. The summed E-state index contributed by atoms with van der Waals surface area (Å²) in [6, 6.07) is 14.8. The zero-order valence-electron chi connectivity index (χ0n) is 13.9. The average Bonchev–Trinajstić information content (AvgIpc) is 2.93.